The molecule has 5 heteroatoms. The van der Waals surface area contributed by atoms with Crippen molar-refractivity contribution in [1.82, 2.24) is 4.98 Å². The van der Waals surface area contributed by atoms with Crippen molar-refractivity contribution in [1.29, 1.82) is 0 Å². The average molecular weight is 356 g/mol. The Labute approximate surface area is 108 Å². The molecule has 0 amide bonds. The molecule has 2 aromatic rings. The number of aromatic nitrogens is 1. The van der Waals surface area contributed by atoms with Crippen molar-refractivity contribution in [3.63, 3.8) is 0 Å². The fourth-order valence-electron chi connectivity index (χ4n) is 1.15. The van der Waals surface area contributed by atoms with Crippen molar-refractivity contribution in [2.24, 2.45) is 0 Å². The first-order chi connectivity index (χ1) is 6.61. The number of nitrogens with zero attached hydrogens (tertiary/aromatic N) is 1. The van der Waals surface area contributed by atoms with Gasteiger partial charge < -0.3 is 0 Å². The van der Waals surface area contributed by atoms with Crippen LogP contribution in [0.5, 0.6) is 0 Å². The molecule has 0 N–H and O–H groups in total. The molecule has 2 rings (SSSR count). The van der Waals surface area contributed by atoms with Crippen LogP contribution < -0.4 is 0 Å². The van der Waals surface area contributed by atoms with Gasteiger partial charge in [-0.1, -0.05) is 23.2 Å². The van der Waals surface area contributed by atoms with Crippen LogP contribution in [0.1, 0.15) is 0 Å². The van der Waals surface area contributed by atoms with Crippen LogP contribution in [0.2, 0.25) is 10.0 Å². The predicted molar refractivity (Wildman–Crippen MR) is 67.2 cm³/mol. The Morgan fingerprint density at radius 1 is 1.14 bits per heavy atom. The predicted octanol–water partition coefficient (Wildman–Crippen LogP) is 5.07. The van der Waals surface area contributed by atoms with Crippen LogP contribution >= 0.6 is 55.1 Å². The SMILES string of the molecule is Clc1ccc2c(Cl)c(Br)cnc2c1Br. The Morgan fingerprint density at radius 3 is 2.57 bits per heavy atom. The second kappa shape index (κ2) is 3.97. The average Bonchev–Trinajstić information content (AvgIpc) is 2.17. The topological polar surface area (TPSA) is 12.9 Å². The summed E-state index contributed by atoms with van der Waals surface area (Å²) >= 11 is 18.7. The smallest absolute Gasteiger partial charge is 0.0874 e. The van der Waals surface area contributed by atoms with Crippen LogP contribution in [0.4, 0.5) is 0 Å². The fourth-order valence-corrected chi connectivity index (χ4v) is 2.27. The summed E-state index contributed by atoms with van der Waals surface area (Å²) in [6, 6.07) is 3.64. The van der Waals surface area contributed by atoms with Gasteiger partial charge in [0.2, 0.25) is 0 Å². The molecule has 14 heavy (non-hydrogen) atoms. The molecule has 1 aromatic carbocycles. The first-order valence-electron chi connectivity index (χ1n) is 3.69. The third kappa shape index (κ3) is 1.67. The summed E-state index contributed by atoms with van der Waals surface area (Å²) in [5.41, 5.74) is 0.769. The van der Waals surface area contributed by atoms with Crippen molar-refractivity contribution >= 4 is 66.0 Å². The van der Waals surface area contributed by atoms with E-state index in [1.54, 1.807) is 12.3 Å². The third-order valence-electron chi connectivity index (χ3n) is 1.82. The first kappa shape index (κ1) is 10.7. The molecule has 0 fully saturated rings. The molecular formula is C9H3Br2Cl2N. The number of fused-ring (bicyclic) bond motifs is 1. The molecule has 72 valence electrons. The van der Waals surface area contributed by atoms with E-state index in [0.717, 1.165) is 19.8 Å². The Hall–Kier alpha value is 0.170. The molecule has 0 atom stereocenters. The lowest BCUT2D eigenvalue weighted by Gasteiger charge is -2.04. The van der Waals surface area contributed by atoms with E-state index >= 15 is 0 Å². The number of hydrogen-bond donors (Lipinski definition) is 0. The van der Waals surface area contributed by atoms with Crippen molar-refractivity contribution in [2.45, 2.75) is 0 Å². The Morgan fingerprint density at radius 2 is 1.86 bits per heavy atom. The lowest BCUT2D eigenvalue weighted by atomic mass is 10.2. The van der Waals surface area contributed by atoms with Gasteiger partial charge in [-0.25, -0.2) is 0 Å². The summed E-state index contributed by atoms with van der Waals surface area (Å²) in [6.45, 7) is 0. The van der Waals surface area contributed by atoms with Gasteiger partial charge in [0.1, 0.15) is 0 Å². The van der Waals surface area contributed by atoms with E-state index in [1.807, 2.05) is 6.07 Å². The molecule has 1 nitrogen and oxygen atoms in total. The van der Waals surface area contributed by atoms with Crippen LogP contribution in [0.15, 0.2) is 27.3 Å². The number of rotatable bonds is 0. The fraction of sp³-hybridized carbons (Fsp3) is 0. The highest BCUT2D eigenvalue weighted by molar-refractivity contribution is 9.11. The maximum absolute atomic E-state index is 6.10. The van der Waals surface area contributed by atoms with Gasteiger partial charge in [-0.05, 0) is 44.0 Å². The first-order valence-corrected chi connectivity index (χ1v) is 6.03. The van der Waals surface area contributed by atoms with Crippen LogP contribution in [0.3, 0.4) is 0 Å². The Kier molecular flexibility index (Phi) is 3.03. The van der Waals surface area contributed by atoms with Crippen LogP contribution in [-0.2, 0) is 0 Å². The highest BCUT2D eigenvalue weighted by Gasteiger charge is 2.09. The van der Waals surface area contributed by atoms with Gasteiger partial charge in [0.25, 0.3) is 0 Å². The van der Waals surface area contributed by atoms with Gasteiger partial charge in [-0.2, -0.15) is 0 Å². The Bertz CT molecular complexity index is 466. The minimum Gasteiger partial charge on any atom is -0.254 e. The summed E-state index contributed by atoms with van der Waals surface area (Å²) < 4.78 is 1.55. The zero-order valence-electron chi connectivity index (χ0n) is 6.69. The van der Waals surface area contributed by atoms with Crippen molar-refractivity contribution in [3.05, 3.63) is 37.3 Å². The van der Waals surface area contributed by atoms with Crippen molar-refractivity contribution < 1.29 is 0 Å². The van der Waals surface area contributed by atoms with Crippen LogP contribution in [-0.4, -0.2) is 4.98 Å². The zero-order valence-corrected chi connectivity index (χ0v) is 11.4. The van der Waals surface area contributed by atoms with E-state index < -0.39 is 0 Å². The maximum Gasteiger partial charge on any atom is 0.0874 e. The van der Waals surface area contributed by atoms with E-state index in [9.17, 15) is 0 Å². The highest BCUT2D eigenvalue weighted by atomic mass is 79.9. The van der Waals surface area contributed by atoms with E-state index in [0.29, 0.717) is 10.0 Å². The summed E-state index contributed by atoms with van der Waals surface area (Å²) in [4.78, 5) is 4.24. The molecule has 0 saturated heterocycles. The largest absolute Gasteiger partial charge is 0.254 e. The Balaban J connectivity index is 2.94. The second-order valence-corrected chi connectivity index (χ2v) is 5.11. The molecule has 0 aliphatic carbocycles. The summed E-state index contributed by atoms with van der Waals surface area (Å²) in [5.74, 6) is 0. The van der Waals surface area contributed by atoms with Gasteiger partial charge >= 0.3 is 0 Å². The molecule has 1 heterocycles. The number of halogens is 4. The number of hydrogen-bond acceptors (Lipinski definition) is 1. The van der Waals surface area contributed by atoms with Gasteiger partial charge in [0.15, 0.2) is 0 Å². The molecule has 1 aromatic heterocycles. The van der Waals surface area contributed by atoms with Gasteiger partial charge in [0.05, 0.1) is 24.5 Å². The van der Waals surface area contributed by atoms with E-state index in [2.05, 4.69) is 36.8 Å². The van der Waals surface area contributed by atoms with Crippen LogP contribution in [0.25, 0.3) is 10.9 Å². The van der Waals surface area contributed by atoms with Gasteiger partial charge in [-0.3, -0.25) is 4.98 Å². The summed E-state index contributed by atoms with van der Waals surface area (Å²) in [7, 11) is 0. The third-order valence-corrected chi connectivity index (χ3v) is 4.40. The van der Waals surface area contributed by atoms with E-state index in [4.69, 9.17) is 23.2 Å². The summed E-state index contributed by atoms with van der Waals surface area (Å²) in [5, 5.41) is 2.15. The molecule has 0 unspecified atom stereocenters. The monoisotopic (exact) mass is 353 g/mol. The highest BCUT2D eigenvalue weighted by Crippen LogP contribution is 2.35. The number of benzene rings is 1. The minimum atomic E-state index is 0.628. The quantitative estimate of drug-likeness (QED) is 0.643. The standard InChI is InChI=1S/C9H3Br2Cl2N/c10-5-3-14-9-4(8(5)13)1-2-6(12)7(9)11/h1-3H. The van der Waals surface area contributed by atoms with Gasteiger partial charge in [-0.15, -0.1) is 0 Å². The lowest BCUT2D eigenvalue weighted by Crippen LogP contribution is -1.83. The minimum absolute atomic E-state index is 0.628. The molecule has 0 bridgehead atoms. The molecule has 0 aliphatic rings. The molecule has 0 aliphatic heterocycles. The second-order valence-electron chi connectivity index (χ2n) is 2.68. The molecule has 0 radical (unpaired) electrons. The van der Waals surface area contributed by atoms with Gasteiger partial charge in [0, 0.05) is 11.6 Å². The molecule has 0 saturated carbocycles. The van der Waals surface area contributed by atoms with E-state index in [-0.39, 0.29) is 0 Å². The van der Waals surface area contributed by atoms with Crippen LogP contribution in [0, 0.1) is 0 Å². The summed E-state index contributed by atoms with van der Waals surface area (Å²) in [6.07, 6.45) is 1.66. The van der Waals surface area contributed by atoms with Crippen molar-refractivity contribution in [2.75, 3.05) is 0 Å². The molecular weight excluding hydrogens is 353 g/mol. The molecule has 0 spiro atoms. The maximum atomic E-state index is 6.10. The van der Waals surface area contributed by atoms with E-state index in [1.165, 1.54) is 0 Å². The van der Waals surface area contributed by atoms with Crippen molar-refractivity contribution in [3.8, 4) is 0 Å². The lowest BCUT2D eigenvalue weighted by molar-refractivity contribution is 1.38. The zero-order chi connectivity index (χ0) is 10.3. The normalized spacial score (nSPS) is 10.9. The number of pyridine rings is 1.